The van der Waals surface area contributed by atoms with Crippen molar-refractivity contribution in [1.29, 1.82) is 0 Å². The van der Waals surface area contributed by atoms with Crippen LogP contribution < -0.4 is 0 Å². The minimum atomic E-state index is -6.00. The quantitative estimate of drug-likeness (QED) is 0.442. The third-order valence-electron chi connectivity index (χ3n) is 1.54. The first-order chi connectivity index (χ1) is 7.79. The van der Waals surface area contributed by atoms with Crippen LogP contribution in [-0.4, -0.2) is 25.5 Å². The summed E-state index contributed by atoms with van der Waals surface area (Å²) in [4.78, 5) is 0. The van der Waals surface area contributed by atoms with Gasteiger partial charge in [0.15, 0.2) is 0 Å². The maximum absolute atomic E-state index is 9.75. The van der Waals surface area contributed by atoms with Crippen LogP contribution in [0.15, 0.2) is 36.4 Å². The lowest BCUT2D eigenvalue weighted by atomic mass is 10.2. The first-order valence-electron chi connectivity index (χ1n) is 4.92. The van der Waals surface area contributed by atoms with E-state index in [-0.39, 0.29) is 0 Å². The normalized spacial score (nSPS) is 11.5. The van der Waals surface area contributed by atoms with Crippen LogP contribution in [0.4, 0.5) is 17.3 Å². The second-order valence-electron chi connectivity index (χ2n) is 3.46. The van der Waals surface area contributed by atoms with Gasteiger partial charge in [-0.3, -0.25) is 0 Å². The maximum atomic E-state index is 9.75. The van der Waals surface area contributed by atoms with Crippen molar-refractivity contribution in [2.75, 3.05) is 18.3 Å². The van der Waals surface area contributed by atoms with Gasteiger partial charge in [0.1, 0.15) is 5.75 Å². The standard InChI is InChI=1S/C11H15S.BF4/c1-12(2)10-6-9-11-7-4-3-5-8-11;2-1(3,4)5/h3-9H,10H2,1-2H3;/q+1;-1. The molecule has 0 N–H and O–H groups in total. The highest BCUT2D eigenvalue weighted by Gasteiger charge is 2.20. The summed E-state index contributed by atoms with van der Waals surface area (Å²) in [7, 11) is -5.48. The summed E-state index contributed by atoms with van der Waals surface area (Å²) in [5.41, 5.74) is 1.29. The van der Waals surface area contributed by atoms with Crippen molar-refractivity contribution >= 4 is 24.2 Å². The van der Waals surface area contributed by atoms with Crippen LogP contribution in [0.3, 0.4) is 0 Å². The SMILES string of the molecule is C[S+](C)CC=Cc1ccccc1.F[B-](F)(F)F. The van der Waals surface area contributed by atoms with Gasteiger partial charge in [-0.05, 0) is 22.5 Å². The summed E-state index contributed by atoms with van der Waals surface area (Å²) in [5, 5.41) is 0. The predicted molar refractivity (Wildman–Crippen MR) is 69.7 cm³/mol. The van der Waals surface area contributed by atoms with Crippen LogP contribution >= 0.6 is 0 Å². The number of benzene rings is 1. The monoisotopic (exact) mass is 266 g/mol. The molecule has 6 heteroatoms. The van der Waals surface area contributed by atoms with Crippen molar-refractivity contribution in [2.24, 2.45) is 0 Å². The first kappa shape index (κ1) is 16.1. The second-order valence-corrected chi connectivity index (χ2v) is 5.76. The fourth-order valence-corrected chi connectivity index (χ4v) is 1.42. The van der Waals surface area contributed by atoms with Crippen molar-refractivity contribution in [3.63, 3.8) is 0 Å². The van der Waals surface area contributed by atoms with Gasteiger partial charge in [-0.15, -0.1) is 0 Å². The van der Waals surface area contributed by atoms with E-state index in [1.807, 2.05) is 6.07 Å². The molecule has 0 radical (unpaired) electrons. The molecule has 0 atom stereocenters. The fourth-order valence-electron chi connectivity index (χ4n) is 0.941. The summed E-state index contributed by atoms with van der Waals surface area (Å²) in [6.07, 6.45) is 8.95. The molecule has 1 aromatic rings. The molecule has 0 aromatic heterocycles. The number of rotatable bonds is 3. The van der Waals surface area contributed by atoms with E-state index in [1.165, 1.54) is 11.3 Å². The van der Waals surface area contributed by atoms with Gasteiger partial charge in [0, 0.05) is 0 Å². The van der Waals surface area contributed by atoms with Crippen LogP contribution in [-0.2, 0) is 10.9 Å². The Morgan fingerprint density at radius 2 is 1.53 bits per heavy atom. The number of hydrogen-bond donors (Lipinski definition) is 0. The Morgan fingerprint density at radius 3 is 1.94 bits per heavy atom. The molecule has 0 aliphatic carbocycles. The second kappa shape index (κ2) is 8.22. The lowest BCUT2D eigenvalue weighted by Gasteiger charge is -1.94. The lowest BCUT2D eigenvalue weighted by molar-refractivity contribution is 0.368. The first-order valence-corrected chi connectivity index (χ1v) is 7.13. The van der Waals surface area contributed by atoms with Crippen LogP contribution in [0.5, 0.6) is 0 Å². The molecule has 0 unspecified atom stereocenters. The highest BCUT2D eigenvalue weighted by molar-refractivity contribution is 7.95. The third-order valence-corrected chi connectivity index (χ3v) is 2.40. The van der Waals surface area contributed by atoms with E-state index in [0.717, 1.165) is 0 Å². The van der Waals surface area contributed by atoms with Crippen LogP contribution in [0.25, 0.3) is 6.08 Å². The van der Waals surface area contributed by atoms with E-state index in [2.05, 4.69) is 48.9 Å². The topological polar surface area (TPSA) is 0 Å². The number of halogens is 4. The average Bonchev–Trinajstić information content (AvgIpc) is 2.16. The van der Waals surface area contributed by atoms with Gasteiger partial charge in [0.05, 0.1) is 12.5 Å². The van der Waals surface area contributed by atoms with Crippen LogP contribution in [0.2, 0.25) is 0 Å². The van der Waals surface area contributed by atoms with E-state index in [9.17, 15) is 17.3 Å². The molecule has 96 valence electrons. The van der Waals surface area contributed by atoms with E-state index in [1.54, 1.807) is 0 Å². The minimum Gasteiger partial charge on any atom is -0.418 e. The maximum Gasteiger partial charge on any atom is 0.673 e. The van der Waals surface area contributed by atoms with Crippen molar-refractivity contribution < 1.29 is 17.3 Å². The molecule has 1 rings (SSSR count). The zero-order valence-electron chi connectivity index (χ0n) is 9.75. The van der Waals surface area contributed by atoms with Crippen LogP contribution in [0, 0.1) is 0 Å². The van der Waals surface area contributed by atoms with E-state index in [4.69, 9.17) is 0 Å². The Kier molecular flexibility index (Phi) is 7.79. The Balaban J connectivity index is 0.000000437. The van der Waals surface area contributed by atoms with E-state index >= 15 is 0 Å². The molecule has 1 aromatic carbocycles. The molecule has 0 saturated carbocycles. The van der Waals surface area contributed by atoms with E-state index in [0.29, 0.717) is 10.9 Å². The summed E-state index contributed by atoms with van der Waals surface area (Å²) in [5.74, 6) is 1.19. The molecule has 0 aliphatic heterocycles. The van der Waals surface area contributed by atoms with Crippen LogP contribution in [0.1, 0.15) is 5.56 Å². The highest BCUT2D eigenvalue weighted by atomic mass is 32.2. The Labute approximate surface area is 102 Å². The van der Waals surface area contributed by atoms with Gasteiger partial charge in [0.25, 0.3) is 0 Å². The van der Waals surface area contributed by atoms with Crippen molar-refractivity contribution in [3.05, 3.63) is 42.0 Å². The lowest BCUT2D eigenvalue weighted by Crippen LogP contribution is -2.02. The van der Waals surface area contributed by atoms with Crippen molar-refractivity contribution in [3.8, 4) is 0 Å². The molecular weight excluding hydrogens is 251 g/mol. The van der Waals surface area contributed by atoms with Gasteiger partial charge in [-0.1, -0.05) is 36.4 Å². The average molecular weight is 266 g/mol. The molecule has 0 bridgehead atoms. The zero-order valence-corrected chi connectivity index (χ0v) is 10.6. The molecule has 0 saturated heterocycles. The molecule has 0 fully saturated rings. The molecule has 0 amide bonds. The van der Waals surface area contributed by atoms with Gasteiger partial charge in [-0.2, -0.15) is 0 Å². The van der Waals surface area contributed by atoms with Crippen molar-refractivity contribution in [1.82, 2.24) is 0 Å². The van der Waals surface area contributed by atoms with Gasteiger partial charge >= 0.3 is 7.25 Å². The summed E-state index contributed by atoms with van der Waals surface area (Å²) < 4.78 is 39.0. The minimum absolute atomic E-state index is 0.524. The molecular formula is C11H15BF4S. The van der Waals surface area contributed by atoms with Gasteiger partial charge in [-0.25, -0.2) is 0 Å². The smallest absolute Gasteiger partial charge is 0.418 e. The summed E-state index contributed by atoms with van der Waals surface area (Å²) in [6, 6.07) is 10.4. The Morgan fingerprint density at radius 1 is 1.06 bits per heavy atom. The summed E-state index contributed by atoms with van der Waals surface area (Å²) in [6.45, 7) is 0. The van der Waals surface area contributed by atoms with E-state index < -0.39 is 7.25 Å². The van der Waals surface area contributed by atoms with Crippen molar-refractivity contribution in [2.45, 2.75) is 0 Å². The Hall–Kier alpha value is -0.905. The Bertz CT molecular complexity index is 316. The largest absolute Gasteiger partial charge is 0.673 e. The fraction of sp³-hybridized carbons (Fsp3) is 0.273. The molecule has 0 aliphatic rings. The third kappa shape index (κ3) is 15.1. The van der Waals surface area contributed by atoms with Gasteiger partial charge in [0.2, 0.25) is 0 Å². The summed E-state index contributed by atoms with van der Waals surface area (Å²) >= 11 is 0. The predicted octanol–water partition coefficient (Wildman–Crippen LogP) is 3.88. The number of hydrogen-bond acceptors (Lipinski definition) is 0. The molecule has 0 nitrogen and oxygen atoms in total. The molecule has 0 spiro atoms. The highest BCUT2D eigenvalue weighted by Crippen LogP contribution is 2.06. The zero-order chi connectivity index (χ0) is 13.3. The molecule has 17 heavy (non-hydrogen) atoms. The van der Waals surface area contributed by atoms with Gasteiger partial charge < -0.3 is 17.3 Å². The molecule has 0 heterocycles.